The fraction of sp³-hybridized carbons (Fsp3) is 0.462. The van der Waals surface area contributed by atoms with E-state index in [1.165, 1.54) is 4.90 Å². The molecule has 1 aromatic rings. The zero-order valence-corrected chi connectivity index (χ0v) is 12.8. The van der Waals surface area contributed by atoms with E-state index in [-0.39, 0.29) is 0 Å². The van der Waals surface area contributed by atoms with Gasteiger partial charge in [-0.15, -0.1) is 11.8 Å². The summed E-state index contributed by atoms with van der Waals surface area (Å²) in [5.41, 5.74) is 4.76. The Morgan fingerprint density at radius 1 is 1.56 bits per heavy atom. The van der Waals surface area contributed by atoms with Gasteiger partial charge >= 0.3 is 5.97 Å². The van der Waals surface area contributed by atoms with Crippen LogP contribution in [0, 0.1) is 0 Å². The van der Waals surface area contributed by atoms with Crippen LogP contribution in [0.4, 0.5) is 0 Å². The van der Waals surface area contributed by atoms with Gasteiger partial charge < -0.3 is 10.8 Å². The van der Waals surface area contributed by atoms with Crippen molar-refractivity contribution in [3.8, 4) is 0 Å². The van der Waals surface area contributed by atoms with Crippen LogP contribution in [0.1, 0.15) is 26.2 Å². The molecule has 3 nitrogen and oxygen atoms in total. The Kier molecular flexibility index (Phi) is 6.18. The van der Waals surface area contributed by atoms with Gasteiger partial charge in [-0.3, -0.25) is 4.79 Å². The fourth-order valence-corrected chi connectivity index (χ4v) is 3.03. The van der Waals surface area contributed by atoms with E-state index in [1.807, 2.05) is 25.1 Å². The van der Waals surface area contributed by atoms with Crippen LogP contribution < -0.4 is 5.73 Å². The Morgan fingerprint density at radius 3 is 2.83 bits per heavy atom. The first-order valence-electron chi connectivity index (χ1n) is 5.88. The average Bonchev–Trinajstić information content (AvgIpc) is 2.34. The van der Waals surface area contributed by atoms with E-state index >= 15 is 0 Å². The molecule has 100 valence electrons. The van der Waals surface area contributed by atoms with Crippen molar-refractivity contribution in [1.29, 1.82) is 0 Å². The highest BCUT2D eigenvalue weighted by Crippen LogP contribution is 2.24. The molecule has 0 radical (unpaired) electrons. The molecule has 1 aromatic carbocycles. The normalized spacial score (nSPS) is 14.2. The summed E-state index contributed by atoms with van der Waals surface area (Å²) in [6.45, 7) is 1.82. The van der Waals surface area contributed by atoms with Crippen molar-refractivity contribution >= 4 is 33.7 Å². The predicted molar refractivity (Wildman–Crippen MR) is 78.9 cm³/mol. The number of benzene rings is 1. The van der Waals surface area contributed by atoms with Crippen LogP contribution in [-0.2, 0) is 4.79 Å². The Bertz CT molecular complexity index is 414. The third-order valence-corrected chi connectivity index (χ3v) is 4.46. The summed E-state index contributed by atoms with van der Waals surface area (Å²) >= 11 is 5.14. The lowest BCUT2D eigenvalue weighted by atomic mass is 9.92. The molecular formula is C13H18BrNO2S. The quantitative estimate of drug-likeness (QED) is 0.592. The Morgan fingerprint density at radius 2 is 2.28 bits per heavy atom. The first-order chi connectivity index (χ1) is 8.48. The Balaban J connectivity index is 2.37. The minimum absolute atomic E-state index is 0.462. The summed E-state index contributed by atoms with van der Waals surface area (Å²) in [7, 11) is 0. The van der Waals surface area contributed by atoms with E-state index in [0.717, 1.165) is 16.6 Å². The lowest BCUT2D eigenvalue weighted by molar-refractivity contribution is -0.143. The lowest BCUT2D eigenvalue weighted by Gasteiger charge is -2.22. The molecule has 0 aliphatic heterocycles. The van der Waals surface area contributed by atoms with Crippen LogP contribution in [0.3, 0.4) is 0 Å². The van der Waals surface area contributed by atoms with Gasteiger partial charge in [-0.25, -0.2) is 0 Å². The van der Waals surface area contributed by atoms with Gasteiger partial charge in [0.2, 0.25) is 0 Å². The van der Waals surface area contributed by atoms with E-state index in [1.54, 1.807) is 11.8 Å². The topological polar surface area (TPSA) is 63.3 Å². The molecule has 0 aliphatic rings. The maximum Gasteiger partial charge on any atom is 0.323 e. The second kappa shape index (κ2) is 7.16. The highest BCUT2D eigenvalue weighted by Gasteiger charge is 2.30. The third kappa shape index (κ3) is 4.63. The van der Waals surface area contributed by atoms with Gasteiger partial charge in [0.25, 0.3) is 0 Å². The van der Waals surface area contributed by atoms with Crippen molar-refractivity contribution in [3.63, 3.8) is 0 Å². The number of carbonyl (C=O) groups is 1. The molecule has 0 aromatic heterocycles. The standard InChI is InChI=1S/C13H18BrNO2S/c1-2-13(15,12(16)17)7-4-8-18-11-6-3-5-10(14)9-11/h3,5-6,9H,2,4,7-8,15H2,1H3,(H,16,17). The molecule has 0 saturated heterocycles. The van der Waals surface area contributed by atoms with Crippen molar-refractivity contribution < 1.29 is 9.90 Å². The van der Waals surface area contributed by atoms with E-state index < -0.39 is 11.5 Å². The molecule has 0 fully saturated rings. The SMILES string of the molecule is CCC(N)(CCCSc1cccc(Br)c1)C(=O)O. The van der Waals surface area contributed by atoms with Crippen molar-refractivity contribution in [2.75, 3.05) is 5.75 Å². The lowest BCUT2D eigenvalue weighted by Crippen LogP contribution is -2.47. The number of carboxylic acids is 1. The molecule has 0 aliphatic carbocycles. The van der Waals surface area contributed by atoms with Gasteiger partial charge in [-0.2, -0.15) is 0 Å². The maximum absolute atomic E-state index is 11.0. The number of carboxylic acid groups (broad SMARTS) is 1. The molecule has 0 heterocycles. The van der Waals surface area contributed by atoms with E-state index in [2.05, 4.69) is 22.0 Å². The summed E-state index contributed by atoms with van der Waals surface area (Å²) in [5.74, 6) is -0.0275. The number of aliphatic carboxylic acids is 1. The third-order valence-electron chi connectivity index (χ3n) is 2.89. The molecule has 0 spiro atoms. The molecule has 1 rings (SSSR count). The largest absolute Gasteiger partial charge is 0.480 e. The van der Waals surface area contributed by atoms with Gasteiger partial charge in [-0.1, -0.05) is 28.9 Å². The number of thioether (sulfide) groups is 1. The van der Waals surface area contributed by atoms with Gasteiger partial charge in [0.05, 0.1) is 0 Å². The zero-order chi connectivity index (χ0) is 13.6. The summed E-state index contributed by atoms with van der Waals surface area (Å²) in [6.07, 6.45) is 1.78. The smallest absolute Gasteiger partial charge is 0.323 e. The van der Waals surface area contributed by atoms with Crippen LogP contribution in [-0.4, -0.2) is 22.4 Å². The van der Waals surface area contributed by atoms with Gasteiger partial charge in [0.1, 0.15) is 5.54 Å². The minimum atomic E-state index is -1.07. The maximum atomic E-state index is 11.0. The summed E-state index contributed by atoms with van der Waals surface area (Å²) in [4.78, 5) is 12.2. The number of hydrogen-bond acceptors (Lipinski definition) is 3. The Labute approximate surface area is 120 Å². The second-order valence-corrected chi connectivity index (χ2v) is 6.31. The number of rotatable bonds is 7. The van der Waals surface area contributed by atoms with E-state index in [4.69, 9.17) is 10.8 Å². The molecule has 0 bridgehead atoms. The predicted octanol–water partition coefficient (Wildman–Crippen LogP) is 3.51. The number of nitrogens with two attached hydrogens (primary N) is 1. The number of hydrogen-bond donors (Lipinski definition) is 2. The Hall–Kier alpha value is -0.520. The summed E-state index contributed by atoms with van der Waals surface area (Å²) in [5, 5.41) is 9.05. The zero-order valence-electron chi connectivity index (χ0n) is 10.4. The molecule has 18 heavy (non-hydrogen) atoms. The van der Waals surface area contributed by atoms with Crippen LogP contribution in [0.15, 0.2) is 33.6 Å². The molecule has 3 N–H and O–H groups in total. The first-order valence-corrected chi connectivity index (χ1v) is 7.66. The first kappa shape index (κ1) is 15.5. The minimum Gasteiger partial charge on any atom is -0.480 e. The van der Waals surface area contributed by atoms with Gasteiger partial charge in [0.15, 0.2) is 0 Å². The van der Waals surface area contributed by atoms with Crippen LogP contribution >= 0.6 is 27.7 Å². The van der Waals surface area contributed by atoms with Crippen molar-refractivity contribution in [1.82, 2.24) is 0 Å². The molecule has 0 saturated carbocycles. The highest BCUT2D eigenvalue weighted by molar-refractivity contribution is 9.10. The monoisotopic (exact) mass is 331 g/mol. The second-order valence-electron chi connectivity index (χ2n) is 4.22. The molecule has 1 unspecified atom stereocenters. The molecule has 5 heteroatoms. The van der Waals surface area contributed by atoms with E-state index in [9.17, 15) is 4.79 Å². The van der Waals surface area contributed by atoms with E-state index in [0.29, 0.717) is 12.8 Å². The summed E-state index contributed by atoms with van der Waals surface area (Å²) < 4.78 is 1.06. The number of halogens is 1. The van der Waals surface area contributed by atoms with Gasteiger partial charge in [-0.05, 0) is 43.2 Å². The molecular weight excluding hydrogens is 314 g/mol. The summed E-state index contributed by atoms with van der Waals surface area (Å²) in [6, 6.07) is 8.07. The highest BCUT2D eigenvalue weighted by atomic mass is 79.9. The fourth-order valence-electron chi connectivity index (χ4n) is 1.57. The van der Waals surface area contributed by atoms with Crippen LogP contribution in [0.5, 0.6) is 0 Å². The molecule has 1 atom stereocenters. The van der Waals surface area contributed by atoms with Gasteiger partial charge in [0, 0.05) is 9.37 Å². The van der Waals surface area contributed by atoms with Crippen molar-refractivity contribution in [2.45, 2.75) is 36.6 Å². The molecule has 0 amide bonds. The van der Waals surface area contributed by atoms with Crippen molar-refractivity contribution in [2.24, 2.45) is 5.73 Å². The van der Waals surface area contributed by atoms with Crippen LogP contribution in [0.2, 0.25) is 0 Å². The average molecular weight is 332 g/mol. The van der Waals surface area contributed by atoms with Crippen molar-refractivity contribution in [3.05, 3.63) is 28.7 Å². The van der Waals surface area contributed by atoms with Crippen LogP contribution in [0.25, 0.3) is 0 Å².